The standard InChI is InChI=1S/C22H30Cl2N4O4/c1-28-14-18(26-13-19(28)29)25-12-7-5-3-2-4-6-11-17(22(31)32)27-21(30)20-15(23)9-8-10-16(20)24/h8-10,17H,2-7,11-14H2,1H3,(H,25,26)(H,27,30)(H,31,32). The van der Waals surface area contributed by atoms with Crippen molar-refractivity contribution < 1.29 is 19.5 Å². The number of halogens is 2. The summed E-state index contributed by atoms with van der Waals surface area (Å²) in [6.45, 7) is 1.56. The normalized spacial score (nSPS) is 14.7. The molecule has 1 aromatic carbocycles. The van der Waals surface area contributed by atoms with Crippen molar-refractivity contribution in [3.63, 3.8) is 0 Å². The van der Waals surface area contributed by atoms with Crippen molar-refractivity contribution in [3.05, 3.63) is 33.8 Å². The molecule has 1 aromatic rings. The third-order valence-corrected chi connectivity index (χ3v) is 5.89. The monoisotopic (exact) mass is 484 g/mol. The third kappa shape index (κ3) is 8.31. The summed E-state index contributed by atoms with van der Waals surface area (Å²) in [5.41, 5.74) is 0.0909. The van der Waals surface area contributed by atoms with E-state index in [1.807, 2.05) is 0 Å². The zero-order valence-corrected chi connectivity index (χ0v) is 19.7. The molecule has 0 saturated heterocycles. The quantitative estimate of drug-likeness (QED) is 0.393. The molecule has 1 aliphatic rings. The summed E-state index contributed by atoms with van der Waals surface area (Å²) in [4.78, 5) is 41.2. The van der Waals surface area contributed by atoms with Crippen molar-refractivity contribution in [3.8, 4) is 0 Å². The number of likely N-dealkylation sites (N-methyl/N-ethyl adjacent to an activating group) is 1. The molecule has 10 heteroatoms. The van der Waals surface area contributed by atoms with Gasteiger partial charge in [-0.1, -0.05) is 61.4 Å². The van der Waals surface area contributed by atoms with Crippen LogP contribution in [0.25, 0.3) is 0 Å². The van der Waals surface area contributed by atoms with Gasteiger partial charge in [-0.15, -0.1) is 0 Å². The summed E-state index contributed by atoms with van der Waals surface area (Å²) >= 11 is 12.0. The number of hydrogen-bond acceptors (Lipinski definition) is 5. The number of amides is 2. The molecule has 2 rings (SSSR count). The number of unbranched alkanes of at least 4 members (excludes halogenated alkanes) is 5. The number of carbonyl (C=O) groups excluding carboxylic acids is 2. The van der Waals surface area contributed by atoms with Gasteiger partial charge in [-0.3, -0.25) is 14.6 Å². The van der Waals surface area contributed by atoms with E-state index in [1.54, 1.807) is 18.0 Å². The molecular formula is C22H30Cl2N4O4. The Kier molecular flexibility index (Phi) is 10.8. The summed E-state index contributed by atoms with van der Waals surface area (Å²) in [6, 6.07) is 3.71. The lowest BCUT2D eigenvalue weighted by atomic mass is 10.0. The molecule has 0 radical (unpaired) electrons. The highest BCUT2D eigenvalue weighted by molar-refractivity contribution is 6.39. The average molecular weight is 485 g/mol. The number of carbonyl (C=O) groups is 3. The zero-order chi connectivity index (χ0) is 23.5. The van der Waals surface area contributed by atoms with Crippen LogP contribution in [0.1, 0.15) is 55.3 Å². The van der Waals surface area contributed by atoms with Crippen LogP contribution in [0, 0.1) is 0 Å². The number of benzene rings is 1. The molecule has 8 nitrogen and oxygen atoms in total. The second kappa shape index (κ2) is 13.3. The Labute approximate surface area is 198 Å². The summed E-state index contributed by atoms with van der Waals surface area (Å²) in [6.07, 6.45) is 6.03. The highest BCUT2D eigenvalue weighted by atomic mass is 35.5. The smallest absolute Gasteiger partial charge is 0.326 e. The Morgan fingerprint density at radius 2 is 1.75 bits per heavy atom. The molecule has 0 saturated carbocycles. The van der Waals surface area contributed by atoms with E-state index in [0.717, 1.165) is 44.5 Å². The maximum absolute atomic E-state index is 12.4. The van der Waals surface area contributed by atoms with Gasteiger partial charge in [-0.25, -0.2) is 4.79 Å². The highest BCUT2D eigenvalue weighted by Gasteiger charge is 2.23. The number of nitrogens with one attached hydrogen (secondary N) is 2. The van der Waals surface area contributed by atoms with Crippen LogP contribution in [0.5, 0.6) is 0 Å². The van der Waals surface area contributed by atoms with E-state index in [-0.39, 0.29) is 28.1 Å². The van der Waals surface area contributed by atoms with Crippen molar-refractivity contribution in [1.29, 1.82) is 0 Å². The van der Waals surface area contributed by atoms with Crippen LogP contribution >= 0.6 is 23.2 Å². The van der Waals surface area contributed by atoms with Crippen molar-refractivity contribution >= 4 is 46.8 Å². The van der Waals surface area contributed by atoms with E-state index in [9.17, 15) is 19.5 Å². The van der Waals surface area contributed by atoms with Crippen LogP contribution in [0.2, 0.25) is 10.0 Å². The van der Waals surface area contributed by atoms with Crippen LogP contribution < -0.4 is 10.6 Å². The minimum Gasteiger partial charge on any atom is -0.480 e. The lowest BCUT2D eigenvalue weighted by Crippen LogP contribution is -2.44. The van der Waals surface area contributed by atoms with Gasteiger partial charge >= 0.3 is 5.97 Å². The van der Waals surface area contributed by atoms with E-state index in [2.05, 4.69) is 15.6 Å². The summed E-state index contributed by atoms with van der Waals surface area (Å²) < 4.78 is 0. The van der Waals surface area contributed by atoms with Crippen molar-refractivity contribution in [1.82, 2.24) is 15.5 Å². The van der Waals surface area contributed by atoms with Gasteiger partial charge in [0.05, 0.1) is 22.2 Å². The molecule has 1 unspecified atom stereocenters. The number of rotatable bonds is 12. The van der Waals surface area contributed by atoms with Gasteiger partial charge in [-0.05, 0) is 25.0 Å². The van der Waals surface area contributed by atoms with E-state index < -0.39 is 17.9 Å². The van der Waals surface area contributed by atoms with E-state index in [4.69, 9.17) is 23.2 Å². The summed E-state index contributed by atoms with van der Waals surface area (Å²) in [5.74, 6) is -0.774. The second-order valence-electron chi connectivity index (χ2n) is 7.81. The topological polar surface area (TPSA) is 111 Å². The average Bonchev–Trinajstić information content (AvgIpc) is 2.73. The van der Waals surface area contributed by atoms with Gasteiger partial charge in [0.25, 0.3) is 5.91 Å². The second-order valence-corrected chi connectivity index (χ2v) is 8.62. The van der Waals surface area contributed by atoms with Crippen molar-refractivity contribution in [2.24, 2.45) is 4.99 Å². The molecule has 0 aliphatic carbocycles. The maximum atomic E-state index is 12.4. The molecule has 0 bridgehead atoms. The van der Waals surface area contributed by atoms with Crippen molar-refractivity contribution in [2.75, 3.05) is 26.7 Å². The first kappa shape index (κ1) is 25.9. The number of carboxylic acid groups (broad SMARTS) is 1. The first-order chi connectivity index (χ1) is 15.3. The molecule has 3 N–H and O–H groups in total. The highest BCUT2D eigenvalue weighted by Crippen LogP contribution is 2.24. The molecule has 176 valence electrons. The molecular weight excluding hydrogens is 455 g/mol. The Morgan fingerprint density at radius 1 is 1.12 bits per heavy atom. The molecule has 1 atom stereocenters. The van der Waals surface area contributed by atoms with Gasteiger partial charge in [0.2, 0.25) is 5.91 Å². The molecule has 1 heterocycles. The number of carboxylic acids is 1. The van der Waals surface area contributed by atoms with Crippen molar-refractivity contribution in [2.45, 2.75) is 51.0 Å². The molecule has 32 heavy (non-hydrogen) atoms. The van der Waals surface area contributed by atoms with E-state index in [0.29, 0.717) is 19.4 Å². The molecule has 0 fully saturated rings. The Bertz CT molecular complexity index is 827. The largest absolute Gasteiger partial charge is 0.480 e. The maximum Gasteiger partial charge on any atom is 0.326 e. The van der Waals surface area contributed by atoms with Gasteiger partial charge < -0.3 is 20.6 Å². The van der Waals surface area contributed by atoms with E-state index in [1.165, 1.54) is 12.1 Å². The summed E-state index contributed by atoms with van der Waals surface area (Å²) in [5, 5.41) is 15.6. The molecule has 1 aliphatic heterocycles. The predicted molar refractivity (Wildman–Crippen MR) is 126 cm³/mol. The fraction of sp³-hybridized carbons (Fsp3) is 0.545. The number of aliphatic imine (C=N–C) groups is 1. The lowest BCUT2D eigenvalue weighted by molar-refractivity contribution is -0.139. The Morgan fingerprint density at radius 3 is 2.38 bits per heavy atom. The number of hydrogen-bond donors (Lipinski definition) is 3. The zero-order valence-electron chi connectivity index (χ0n) is 18.2. The Hall–Kier alpha value is -2.32. The molecule has 0 aromatic heterocycles. The van der Waals surface area contributed by atoms with Gasteiger partial charge in [0.1, 0.15) is 18.4 Å². The minimum absolute atomic E-state index is 0.0351. The fourth-order valence-electron chi connectivity index (χ4n) is 3.37. The number of aliphatic carboxylic acids is 1. The Balaban J connectivity index is 1.60. The third-order valence-electron chi connectivity index (χ3n) is 5.26. The van der Waals surface area contributed by atoms with Gasteiger partial charge in [-0.2, -0.15) is 0 Å². The fourth-order valence-corrected chi connectivity index (χ4v) is 3.94. The van der Waals surface area contributed by atoms with E-state index >= 15 is 0 Å². The number of nitrogens with zero attached hydrogens (tertiary/aromatic N) is 2. The molecule has 2 amide bonds. The SMILES string of the molecule is CN1CC(NCCCCCCCCC(NC(=O)c2c(Cl)cccc2Cl)C(=O)O)=NCC1=O. The van der Waals surface area contributed by atoms with Crippen LogP contribution in [0.3, 0.4) is 0 Å². The minimum atomic E-state index is -1.08. The predicted octanol–water partition coefficient (Wildman–Crippen LogP) is 3.37. The van der Waals surface area contributed by atoms with Crippen LogP contribution in [-0.2, 0) is 9.59 Å². The van der Waals surface area contributed by atoms with Crippen LogP contribution in [-0.4, -0.2) is 66.3 Å². The van der Waals surface area contributed by atoms with Gasteiger partial charge in [0, 0.05) is 13.6 Å². The first-order valence-corrected chi connectivity index (χ1v) is 11.5. The van der Waals surface area contributed by atoms with Crippen LogP contribution in [0.15, 0.2) is 23.2 Å². The first-order valence-electron chi connectivity index (χ1n) is 10.8. The van der Waals surface area contributed by atoms with Crippen LogP contribution in [0.4, 0.5) is 0 Å². The lowest BCUT2D eigenvalue weighted by Gasteiger charge is -2.22. The van der Waals surface area contributed by atoms with Gasteiger partial charge in [0.15, 0.2) is 0 Å². The number of amidine groups is 1. The summed E-state index contributed by atoms with van der Waals surface area (Å²) in [7, 11) is 1.77. The molecule has 0 spiro atoms.